The summed E-state index contributed by atoms with van der Waals surface area (Å²) in [5.41, 5.74) is 1.03. The smallest absolute Gasteiger partial charge is 0.315 e. The minimum absolute atomic E-state index is 0.00992. The molecule has 2 unspecified atom stereocenters. The molecule has 1 aromatic rings. The number of rotatable bonds is 6. The fraction of sp³-hybridized carbons (Fsp3) is 0.562. The third kappa shape index (κ3) is 4.87. The van der Waals surface area contributed by atoms with Crippen molar-refractivity contribution >= 4 is 11.7 Å². The van der Waals surface area contributed by atoms with Crippen LogP contribution in [0.4, 0.5) is 14.9 Å². The second kappa shape index (κ2) is 7.98. The number of amides is 2. The number of carbonyl (C=O) groups excluding carboxylic acids is 1. The minimum Gasteiger partial charge on any atom is -0.383 e. The summed E-state index contributed by atoms with van der Waals surface area (Å²) in [6.45, 7) is 4.84. The van der Waals surface area contributed by atoms with Crippen molar-refractivity contribution in [3.05, 3.63) is 30.1 Å². The Labute approximate surface area is 130 Å². The van der Waals surface area contributed by atoms with Gasteiger partial charge >= 0.3 is 6.03 Å². The molecule has 2 N–H and O–H groups in total. The first-order valence-electron chi connectivity index (χ1n) is 7.62. The minimum atomic E-state index is -0.219. The highest BCUT2D eigenvalue weighted by Gasteiger charge is 2.23. The number of urea groups is 1. The van der Waals surface area contributed by atoms with Crippen molar-refractivity contribution < 1.29 is 13.9 Å². The molecule has 1 aliphatic rings. The normalized spacial score (nSPS) is 19.0. The van der Waals surface area contributed by atoms with E-state index in [1.54, 1.807) is 19.2 Å². The summed E-state index contributed by atoms with van der Waals surface area (Å²) >= 11 is 0. The van der Waals surface area contributed by atoms with E-state index in [1.165, 1.54) is 12.1 Å². The van der Waals surface area contributed by atoms with E-state index < -0.39 is 0 Å². The van der Waals surface area contributed by atoms with Crippen molar-refractivity contribution in [1.82, 2.24) is 10.6 Å². The van der Waals surface area contributed by atoms with Crippen LogP contribution in [-0.4, -0.2) is 45.4 Å². The van der Waals surface area contributed by atoms with Crippen LogP contribution in [0.1, 0.15) is 13.3 Å². The van der Waals surface area contributed by atoms with Gasteiger partial charge in [-0.05, 0) is 43.5 Å². The SMILES string of the molecule is COCC(C)NC(=O)NCC1CCN(c2ccc(F)cc2)C1. The van der Waals surface area contributed by atoms with E-state index in [0.29, 0.717) is 19.1 Å². The van der Waals surface area contributed by atoms with Crippen LogP contribution in [0.15, 0.2) is 24.3 Å². The van der Waals surface area contributed by atoms with Crippen molar-refractivity contribution in [1.29, 1.82) is 0 Å². The topological polar surface area (TPSA) is 53.6 Å². The number of methoxy groups -OCH3 is 1. The molecule has 2 rings (SSSR count). The van der Waals surface area contributed by atoms with Gasteiger partial charge in [-0.25, -0.2) is 9.18 Å². The molecular weight excluding hydrogens is 285 g/mol. The van der Waals surface area contributed by atoms with E-state index in [-0.39, 0.29) is 17.9 Å². The van der Waals surface area contributed by atoms with Crippen molar-refractivity contribution in [3.63, 3.8) is 0 Å². The third-order valence-corrected chi connectivity index (χ3v) is 3.82. The van der Waals surface area contributed by atoms with Crippen LogP contribution in [0.5, 0.6) is 0 Å². The number of nitrogens with zero attached hydrogens (tertiary/aromatic N) is 1. The number of carbonyl (C=O) groups is 1. The predicted molar refractivity (Wildman–Crippen MR) is 84.6 cm³/mol. The summed E-state index contributed by atoms with van der Waals surface area (Å²) in [5.74, 6) is 0.191. The highest BCUT2D eigenvalue weighted by Crippen LogP contribution is 2.23. The standard InChI is InChI=1S/C16H24FN3O2/c1-12(11-22-2)19-16(21)18-9-13-7-8-20(10-13)15-5-3-14(17)4-6-15/h3-6,12-13H,7-11H2,1-2H3,(H2,18,19,21). The van der Waals surface area contributed by atoms with E-state index >= 15 is 0 Å². The number of halogens is 1. The molecule has 0 aromatic heterocycles. The van der Waals surface area contributed by atoms with E-state index in [0.717, 1.165) is 25.2 Å². The second-order valence-corrected chi connectivity index (χ2v) is 5.79. The zero-order valence-corrected chi connectivity index (χ0v) is 13.1. The van der Waals surface area contributed by atoms with Gasteiger partial charge < -0.3 is 20.3 Å². The van der Waals surface area contributed by atoms with Crippen molar-refractivity contribution in [2.75, 3.05) is 38.3 Å². The average Bonchev–Trinajstić information content (AvgIpc) is 2.95. The predicted octanol–water partition coefficient (Wildman–Crippen LogP) is 1.99. The van der Waals surface area contributed by atoms with Gasteiger partial charge in [0.25, 0.3) is 0 Å². The van der Waals surface area contributed by atoms with Crippen LogP contribution in [0, 0.1) is 11.7 Å². The molecule has 2 atom stereocenters. The van der Waals surface area contributed by atoms with Crippen molar-refractivity contribution in [2.24, 2.45) is 5.92 Å². The first-order chi connectivity index (χ1) is 10.6. The molecular formula is C16H24FN3O2. The van der Waals surface area contributed by atoms with Crippen LogP contribution in [-0.2, 0) is 4.74 Å². The lowest BCUT2D eigenvalue weighted by Gasteiger charge is -2.19. The maximum Gasteiger partial charge on any atom is 0.315 e. The largest absolute Gasteiger partial charge is 0.383 e. The fourth-order valence-electron chi connectivity index (χ4n) is 2.69. The molecule has 0 spiro atoms. The summed E-state index contributed by atoms with van der Waals surface area (Å²) in [4.78, 5) is 14.0. The Bertz CT molecular complexity index is 481. The maximum atomic E-state index is 12.9. The maximum absolute atomic E-state index is 12.9. The lowest BCUT2D eigenvalue weighted by atomic mass is 10.1. The lowest BCUT2D eigenvalue weighted by molar-refractivity contribution is 0.170. The molecule has 0 radical (unpaired) electrons. The van der Waals surface area contributed by atoms with Gasteiger partial charge in [0.2, 0.25) is 0 Å². The Kier molecular flexibility index (Phi) is 6.00. The summed E-state index contributed by atoms with van der Waals surface area (Å²) < 4.78 is 17.9. The van der Waals surface area contributed by atoms with E-state index in [1.807, 2.05) is 6.92 Å². The monoisotopic (exact) mass is 309 g/mol. The van der Waals surface area contributed by atoms with Gasteiger partial charge in [0, 0.05) is 32.4 Å². The van der Waals surface area contributed by atoms with Gasteiger partial charge in [-0.1, -0.05) is 0 Å². The summed E-state index contributed by atoms with van der Waals surface area (Å²) in [7, 11) is 1.61. The highest BCUT2D eigenvalue weighted by molar-refractivity contribution is 5.74. The number of nitrogens with one attached hydrogen (secondary N) is 2. The summed E-state index contributed by atoms with van der Waals surface area (Å²) in [6.07, 6.45) is 1.02. The number of ether oxygens (including phenoxy) is 1. The fourth-order valence-corrected chi connectivity index (χ4v) is 2.69. The van der Waals surface area contributed by atoms with Crippen LogP contribution >= 0.6 is 0 Å². The second-order valence-electron chi connectivity index (χ2n) is 5.79. The Morgan fingerprint density at radius 3 is 2.86 bits per heavy atom. The van der Waals surface area contributed by atoms with Gasteiger partial charge in [0.05, 0.1) is 12.6 Å². The molecule has 1 aromatic carbocycles. The first-order valence-corrected chi connectivity index (χ1v) is 7.62. The Hall–Kier alpha value is -1.82. The molecule has 1 aliphatic heterocycles. The van der Waals surface area contributed by atoms with Gasteiger partial charge in [0.15, 0.2) is 0 Å². The molecule has 22 heavy (non-hydrogen) atoms. The number of benzene rings is 1. The molecule has 0 aliphatic carbocycles. The molecule has 1 heterocycles. The van der Waals surface area contributed by atoms with Crippen LogP contribution in [0.2, 0.25) is 0 Å². The van der Waals surface area contributed by atoms with E-state index in [2.05, 4.69) is 15.5 Å². The molecule has 1 saturated heterocycles. The lowest BCUT2D eigenvalue weighted by Crippen LogP contribution is -2.44. The Balaban J connectivity index is 1.72. The molecule has 0 saturated carbocycles. The summed E-state index contributed by atoms with van der Waals surface area (Å²) in [5, 5.41) is 5.73. The zero-order valence-electron chi connectivity index (χ0n) is 13.1. The quantitative estimate of drug-likeness (QED) is 0.845. The van der Waals surface area contributed by atoms with Gasteiger partial charge in [-0.2, -0.15) is 0 Å². The third-order valence-electron chi connectivity index (χ3n) is 3.82. The van der Waals surface area contributed by atoms with E-state index in [4.69, 9.17) is 4.74 Å². The first kappa shape index (κ1) is 16.5. The molecule has 5 nitrogen and oxygen atoms in total. The van der Waals surface area contributed by atoms with Crippen molar-refractivity contribution in [3.8, 4) is 0 Å². The highest BCUT2D eigenvalue weighted by atomic mass is 19.1. The van der Waals surface area contributed by atoms with Crippen LogP contribution in [0.25, 0.3) is 0 Å². The van der Waals surface area contributed by atoms with Gasteiger partial charge in [-0.3, -0.25) is 0 Å². The molecule has 122 valence electrons. The number of anilines is 1. The molecule has 6 heteroatoms. The van der Waals surface area contributed by atoms with E-state index in [9.17, 15) is 9.18 Å². The van der Waals surface area contributed by atoms with Crippen molar-refractivity contribution in [2.45, 2.75) is 19.4 Å². The number of hydrogen-bond donors (Lipinski definition) is 2. The zero-order chi connectivity index (χ0) is 15.9. The molecule has 2 amide bonds. The number of hydrogen-bond acceptors (Lipinski definition) is 3. The van der Waals surface area contributed by atoms with Gasteiger partial charge in [0.1, 0.15) is 5.82 Å². The van der Waals surface area contributed by atoms with Gasteiger partial charge in [-0.15, -0.1) is 0 Å². The Morgan fingerprint density at radius 2 is 2.18 bits per heavy atom. The Morgan fingerprint density at radius 1 is 1.45 bits per heavy atom. The molecule has 1 fully saturated rings. The average molecular weight is 309 g/mol. The molecule has 0 bridgehead atoms. The van der Waals surface area contributed by atoms with Crippen LogP contribution in [0.3, 0.4) is 0 Å². The van der Waals surface area contributed by atoms with Crippen LogP contribution < -0.4 is 15.5 Å². The summed E-state index contributed by atoms with van der Waals surface area (Å²) in [6, 6.07) is 6.38.